The van der Waals surface area contributed by atoms with Gasteiger partial charge in [0.25, 0.3) is 0 Å². The van der Waals surface area contributed by atoms with Gasteiger partial charge in [-0.2, -0.15) is 5.10 Å². The molecule has 1 aromatic carbocycles. The van der Waals surface area contributed by atoms with E-state index in [4.69, 9.17) is 33.7 Å². The van der Waals surface area contributed by atoms with Crippen LogP contribution in [0.3, 0.4) is 0 Å². The van der Waals surface area contributed by atoms with E-state index in [9.17, 15) is 0 Å². The molecule has 0 radical (unpaired) electrons. The molecule has 8 nitrogen and oxygen atoms in total. The zero-order valence-electron chi connectivity index (χ0n) is 19.2. The van der Waals surface area contributed by atoms with Gasteiger partial charge >= 0.3 is 0 Å². The Morgan fingerprint density at radius 2 is 1.91 bits per heavy atom. The third kappa shape index (κ3) is 4.42. The van der Waals surface area contributed by atoms with Gasteiger partial charge in [0.1, 0.15) is 23.2 Å². The number of hydrogen-bond donors (Lipinski definition) is 2. The first-order valence-electron chi connectivity index (χ1n) is 11.7. The van der Waals surface area contributed by atoms with Crippen LogP contribution in [0.1, 0.15) is 37.9 Å². The predicted molar refractivity (Wildman–Crippen MR) is 137 cm³/mol. The number of nitrogens with one attached hydrogen (secondary N) is 1. The molecule has 1 saturated heterocycles. The van der Waals surface area contributed by atoms with Crippen LogP contribution in [0.2, 0.25) is 10.0 Å². The number of nitrogens with zero attached hydrogens (tertiary/aromatic N) is 5. The van der Waals surface area contributed by atoms with Crippen molar-refractivity contribution in [1.82, 2.24) is 25.4 Å². The molecule has 6 rings (SSSR count). The SMILES string of the molecule is C[C@@H](Oc1ccc2[nH]nc(-c3ccc(N4CC(N)(CC5CC5)C4)nn3)c2c1)c1c(Cl)cncc1Cl. The van der Waals surface area contributed by atoms with Gasteiger partial charge in [0.05, 0.1) is 21.1 Å². The summed E-state index contributed by atoms with van der Waals surface area (Å²) in [5.41, 5.74) is 9.39. The number of ether oxygens (including phenoxy) is 1. The zero-order valence-corrected chi connectivity index (χ0v) is 20.7. The summed E-state index contributed by atoms with van der Waals surface area (Å²) in [6.45, 7) is 3.55. The summed E-state index contributed by atoms with van der Waals surface area (Å²) in [5, 5.41) is 18.3. The summed E-state index contributed by atoms with van der Waals surface area (Å²) in [5.74, 6) is 2.32. The van der Waals surface area contributed by atoms with E-state index >= 15 is 0 Å². The Hall–Kier alpha value is -2.94. The van der Waals surface area contributed by atoms with Crippen LogP contribution in [0.5, 0.6) is 5.75 Å². The van der Waals surface area contributed by atoms with Gasteiger partial charge in [0.15, 0.2) is 5.82 Å². The number of nitrogens with two attached hydrogens (primary N) is 1. The van der Waals surface area contributed by atoms with E-state index in [1.807, 2.05) is 37.3 Å². The van der Waals surface area contributed by atoms with Crippen LogP contribution in [-0.2, 0) is 0 Å². The second-order valence-corrected chi connectivity index (χ2v) is 10.5. The number of hydrogen-bond acceptors (Lipinski definition) is 7. The average Bonchev–Trinajstić information content (AvgIpc) is 3.53. The summed E-state index contributed by atoms with van der Waals surface area (Å²) >= 11 is 12.6. The first kappa shape index (κ1) is 22.5. The van der Waals surface area contributed by atoms with Gasteiger partial charge in [-0.1, -0.05) is 36.0 Å². The molecule has 180 valence electrons. The number of anilines is 1. The van der Waals surface area contributed by atoms with Gasteiger partial charge in [0, 0.05) is 36.4 Å². The van der Waals surface area contributed by atoms with E-state index in [-0.39, 0.29) is 11.6 Å². The first-order chi connectivity index (χ1) is 16.9. The van der Waals surface area contributed by atoms with Crippen molar-refractivity contribution >= 4 is 39.9 Å². The monoisotopic (exact) mass is 509 g/mol. The van der Waals surface area contributed by atoms with Crippen molar-refractivity contribution in [3.05, 3.63) is 58.3 Å². The van der Waals surface area contributed by atoms with Crippen molar-refractivity contribution in [3.63, 3.8) is 0 Å². The Balaban J connectivity index is 1.20. The number of aromatic nitrogens is 5. The maximum absolute atomic E-state index is 6.51. The molecule has 0 bridgehead atoms. The van der Waals surface area contributed by atoms with Gasteiger partial charge < -0.3 is 15.4 Å². The first-order valence-corrected chi connectivity index (χ1v) is 12.5. The van der Waals surface area contributed by atoms with E-state index in [2.05, 4.69) is 30.3 Å². The highest BCUT2D eigenvalue weighted by molar-refractivity contribution is 6.35. The number of rotatable bonds is 7. The quantitative estimate of drug-likeness (QED) is 0.353. The van der Waals surface area contributed by atoms with E-state index in [0.29, 0.717) is 32.7 Å². The van der Waals surface area contributed by atoms with Gasteiger partial charge in [-0.3, -0.25) is 10.1 Å². The summed E-state index contributed by atoms with van der Waals surface area (Å²) in [4.78, 5) is 6.19. The largest absolute Gasteiger partial charge is 0.486 e. The number of aromatic amines is 1. The number of fused-ring (bicyclic) bond motifs is 1. The van der Waals surface area contributed by atoms with Crippen LogP contribution in [0, 0.1) is 5.92 Å². The second kappa shape index (κ2) is 8.62. The summed E-state index contributed by atoms with van der Waals surface area (Å²) in [7, 11) is 0. The van der Waals surface area contributed by atoms with E-state index in [1.165, 1.54) is 12.8 Å². The molecule has 1 atom stereocenters. The van der Waals surface area contributed by atoms with Crippen LogP contribution in [0.25, 0.3) is 22.3 Å². The minimum Gasteiger partial charge on any atom is -0.486 e. The van der Waals surface area contributed by atoms with E-state index in [0.717, 1.165) is 42.1 Å². The molecule has 3 N–H and O–H groups in total. The minimum atomic E-state index is -0.365. The molecule has 0 amide bonds. The molecule has 1 saturated carbocycles. The Kier molecular flexibility index (Phi) is 5.55. The van der Waals surface area contributed by atoms with E-state index in [1.54, 1.807) is 12.4 Å². The van der Waals surface area contributed by atoms with Crippen LogP contribution >= 0.6 is 23.2 Å². The fraction of sp³-hybridized carbons (Fsp3) is 0.360. The number of halogens is 2. The average molecular weight is 510 g/mol. The lowest BCUT2D eigenvalue weighted by atomic mass is 9.85. The second-order valence-electron chi connectivity index (χ2n) is 9.70. The predicted octanol–water partition coefficient (Wildman–Crippen LogP) is 5.18. The minimum absolute atomic E-state index is 0.0851. The fourth-order valence-electron chi connectivity index (χ4n) is 4.86. The van der Waals surface area contributed by atoms with E-state index < -0.39 is 0 Å². The molecule has 1 aliphatic carbocycles. The Labute approximate surface area is 212 Å². The number of pyridine rings is 1. The molecule has 2 aliphatic rings. The third-order valence-corrected chi connectivity index (χ3v) is 7.37. The van der Waals surface area contributed by atoms with Crippen LogP contribution in [0.15, 0.2) is 42.7 Å². The fourth-order valence-corrected chi connectivity index (χ4v) is 5.53. The normalized spacial score (nSPS) is 17.9. The van der Waals surface area contributed by atoms with Gasteiger partial charge in [-0.25, -0.2) is 0 Å². The molecule has 0 spiro atoms. The molecule has 1 aliphatic heterocycles. The summed E-state index contributed by atoms with van der Waals surface area (Å²) in [6.07, 6.45) is 6.50. The summed E-state index contributed by atoms with van der Waals surface area (Å²) < 4.78 is 6.16. The molecular formula is C25H25Cl2N7O. The highest BCUT2D eigenvalue weighted by Crippen LogP contribution is 2.40. The third-order valence-electron chi connectivity index (χ3n) is 6.76. The molecule has 0 unspecified atom stereocenters. The van der Waals surface area contributed by atoms with Gasteiger partial charge in [0.2, 0.25) is 0 Å². The van der Waals surface area contributed by atoms with Gasteiger partial charge in [-0.05, 0) is 49.6 Å². The molecule has 4 aromatic rings. The van der Waals surface area contributed by atoms with Crippen molar-refractivity contribution in [3.8, 4) is 17.1 Å². The molecule has 4 heterocycles. The Bertz CT molecular complexity index is 1360. The van der Waals surface area contributed by atoms with Crippen LogP contribution in [-0.4, -0.2) is 44.0 Å². The molecule has 10 heteroatoms. The smallest absolute Gasteiger partial charge is 0.151 e. The molecule has 35 heavy (non-hydrogen) atoms. The van der Waals surface area contributed by atoms with Crippen molar-refractivity contribution in [2.75, 3.05) is 18.0 Å². The van der Waals surface area contributed by atoms with Gasteiger partial charge in [-0.15, -0.1) is 10.2 Å². The number of H-pyrrole nitrogens is 1. The maximum Gasteiger partial charge on any atom is 0.151 e. The number of benzene rings is 1. The highest BCUT2D eigenvalue weighted by Gasteiger charge is 2.43. The van der Waals surface area contributed by atoms with Crippen molar-refractivity contribution < 1.29 is 4.74 Å². The Morgan fingerprint density at radius 3 is 2.60 bits per heavy atom. The molecule has 2 fully saturated rings. The molecular weight excluding hydrogens is 485 g/mol. The standard InChI is InChI=1S/C25H25Cl2N7O/c1-14(23-18(26)10-29-11-19(23)27)35-16-4-5-20-17(8-16)24(33-30-20)21-6-7-22(32-31-21)34-12-25(28,13-34)9-15-2-3-15/h4-8,10-11,14-15H,2-3,9,12-13,28H2,1H3,(H,30,33)/t14-/m1/s1. The van der Waals surface area contributed by atoms with Crippen LogP contribution in [0.4, 0.5) is 5.82 Å². The highest BCUT2D eigenvalue weighted by atomic mass is 35.5. The lowest BCUT2D eigenvalue weighted by Crippen LogP contribution is -2.68. The lowest BCUT2D eigenvalue weighted by Gasteiger charge is -2.48. The summed E-state index contributed by atoms with van der Waals surface area (Å²) in [6, 6.07) is 9.66. The van der Waals surface area contributed by atoms with Crippen molar-refractivity contribution in [2.45, 2.75) is 37.8 Å². The maximum atomic E-state index is 6.51. The molecule has 3 aromatic heterocycles. The topological polar surface area (TPSA) is 106 Å². The Morgan fingerprint density at radius 1 is 1.14 bits per heavy atom. The van der Waals surface area contributed by atoms with Crippen LogP contribution < -0.4 is 15.4 Å². The zero-order chi connectivity index (χ0) is 24.2. The van der Waals surface area contributed by atoms with Crippen molar-refractivity contribution in [1.29, 1.82) is 0 Å². The lowest BCUT2D eigenvalue weighted by molar-refractivity contribution is 0.227. The van der Waals surface area contributed by atoms with Crippen molar-refractivity contribution in [2.24, 2.45) is 11.7 Å².